The molecule has 2 unspecified atom stereocenters. The molecule has 3 atom stereocenters. The van der Waals surface area contributed by atoms with Gasteiger partial charge in [-0.15, -0.1) is 0 Å². The summed E-state index contributed by atoms with van der Waals surface area (Å²) in [6, 6.07) is 19.8. The van der Waals surface area contributed by atoms with Gasteiger partial charge in [-0.3, -0.25) is 9.79 Å². The molecule has 3 aliphatic rings. The van der Waals surface area contributed by atoms with E-state index in [9.17, 15) is 4.79 Å². The topological polar surface area (TPSA) is 68.8 Å². The zero-order valence-corrected chi connectivity index (χ0v) is 19.7. The average Bonchev–Trinajstić information content (AvgIpc) is 3.64. The number of aliphatic imine (C=N–C) groups is 1. The molecule has 34 heavy (non-hydrogen) atoms. The minimum atomic E-state index is 0.104. The smallest absolute Gasteiger partial charge is 0.227 e. The summed E-state index contributed by atoms with van der Waals surface area (Å²) in [7, 11) is 0. The molecular weight excluding hydrogens is 422 g/mol. The van der Waals surface area contributed by atoms with Gasteiger partial charge in [-0.25, -0.2) is 0 Å². The molecule has 1 amide bonds. The Labute approximate surface area is 202 Å². The minimum absolute atomic E-state index is 0.104. The molecule has 0 spiro atoms. The van der Waals surface area contributed by atoms with Gasteiger partial charge in [0.1, 0.15) is 6.17 Å². The minimum Gasteiger partial charge on any atom is -0.372 e. The summed E-state index contributed by atoms with van der Waals surface area (Å²) in [5.74, 6) is 0.224. The second-order valence-electron chi connectivity index (χ2n) is 9.63. The Hall–Kier alpha value is -3.28. The Morgan fingerprint density at radius 1 is 0.941 bits per heavy atom. The number of carbonyl (C=O) groups excluding carboxylic acids is 1. The van der Waals surface area contributed by atoms with Crippen molar-refractivity contribution < 1.29 is 4.79 Å². The summed E-state index contributed by atoms with van der Waals surface area (Å²) >= 11 is 0. The SMILES string of the molecule is O=C(Cc1ccccc1)N1CCC[C@H]1C1NC=C(CCc2ccc(CCC3CN=CN3)cc2)N1. The molecule has 3 aliphatic heterocycles. The van der Waals surface area contributed by atoms with E-state index in [0.29, 0.717) is 12.5 Å². The van der Waals surface area contributed by atoms with E-state index in [4.69, 9.17) is 0 Å². The molecule has 3 N–H and O–H groups in total. The fourth-order valence-corrected chi connectivity index (χ4v) is 5.20. The molecule has 0 bridgehead atoms. The van der Waals surface area contributed by atoms with Gasteiger partial charge < -0.3 is 20.9 Å². The lowest BCUT2D eigenvalue weighted by molar-refractivity contribution is -0.131. The lowest BCUT2D eigenvalue weighted by atomic mass is 10.0. The van der Waals surface area contributed by atoms with E-state index in [1.807, 2.05) is 36.7 Å². The quantitative estimate of drug-likeness (QED) is 0.541. The average molecular weight is 458 g/mol. The van der Waals surface area contributed by atoms with Crippen LogP contribution in [0, 0.1) is 0 Å². The third-order valence-corrected chi connectivity index (χ3v) is 7.20. The zero-order chi connectivity index (χ0) is 23.2. The second kappa shape index (κ2) is 10.8. The van der Waals surface area contributed by atoms with E-state index in [2.05, 4.69) is 56.3 Å². The number of nitrogens with one attached hydrogen (secondary N) is 3. The number of hydrogen-bond acceptors (Lipinski definition) is 5. The van der Waals surface area contributed by atoms with Gasteiger partial charge in [-0.2, -0.15) is 0 Å². The number of likely N-dealkylation sites (tertiary alicyclic amines) is 1. The summed E-state index contributed by atoms with van der Waals surface area (Å²) in [5, 5.41) is 10.5. The Morgan fingerprint density at radius 3 is 2.50 bits per heavy atom. The molecule has 0 aromatic heterocycles. The van der Waals surface area contributed by atoms with Crippen molar-refractivity contribution in [2.75, 3.05) is 13.1 Å². The summed E-state index contributed by atoms with van der Waals surface area (Å²) in [6.07, 6.45) is 10.8. The first kappa shape index (κ1) is 22.5. The van der Waals surface area contributed by atoms with E-state index < -0.39 is 0 Å². The van der Waals surface area contributed by atoms with Crippen LogP contribution in [0.2, 0.25) is 0 Å². The highest BCUT2D eigenvalue weighted by molar-refractivity contribution is 5.79. The van der Waals surface area contributed by atoms with Crippen LogP contribution in [0.15, 0.2) is 71.5 Å². The Balaban J connectivity index is 1.07. The fourth-order valence-electron chi connectivity index (χ4n) is 5.20. The Morgan fingerprint density at radius 2 is 1.74 bits per heavy atom. The Kier molecular flexibility index (Phi) is 7.13. The third-order valence-electron chi connectivity index (χ3n) is 7.20. The van der Waals surface area contributed by atoms with Gasteiger partial charge >= 0.3 is 0 Å². The van der Waals surface area contributed by atoms with Crippen LogP contribution in [0.3, 0.4) is 0 Å². The van der Waals surface area contributed by atoms with Crippen LogP contribution in [0.5, 0.6) is 0 Å². The summed E-state index contributed by atoms with van der Waals surface area (Å²) in [4.78, 5) is 19.3. The number of rotatable bonds is 9. The second-order valence-corrected chi connectivity index (χ2v) is 9.63. The number of aryl methyl sites for hydroxylation is 2. The summed E-state index contributed by atoms with van der Waals surface area (Å²) in [6.45, 7) is 1.75. The van der Waals surface area contributed by atoms with E-state index >= 15 is 0 Å². The lowest BCUT2D eigenvalue weighted by Gasteiger charge is -2.30. The first-order chi connectivity index (χ1) is 16.7. The van der Waals surface area contributed by atoms with Crippen LogP contribution in [-0.4, -0.2) is 48.5 Å². The number of amides is 1. The molecule has 5 rings (SSSR count). The molecule has 0 radical (unpaired) electrons. The van der Waals surface area contributed by atoms with Crippen molar-refractivity contribution in [1.82, 2.24) is 20.9 Å². The van der Waals surface area contributed by atoms with Crippen molar-refractivity contribution in [3.8, 4) is 0 Å². The van der Waals surface area contributed by atoms with Gasteiger partial charge in [-0.05, 0) is 55.2 Å². The van der Waals surface area contributed by atoms with E-state index in [-0.39, 0.29) is 18.1 Å². The normalized spacial score (nSPS) is 23.4. The van der Waals surface area contributed by atoms with Crippen LogP contribution < -0.4 is 16.0 Å². The maximum absolute atomic E-state index is 13.0. The van der Waals surface area contributed by atoms with E-state index in [1.165, 1.54) is 16.8 Å². The molecule has 3 heterocycles. The lowest BCUT2D eigenvalue weighted by Crippen LogP contribution is -2.52. The summed E-state index contributed by atoms with van der Waals surface area (Å²) < 4.78 is 0. The van der Waals surface area contributed by atoms with Crippen molar-refractivity contribution in [2.24, 2.45) is 4.99 Å². The molecule has 2 aromatic carbocycles. The predicted molar refractivity (Wildman–Crippen MR) is 136 cm³/mol. The highest BCUT2D eigenvalue weighted by Gasteiger charge is 2.36. The number of carbonyl (C=O) groups is 1. The molecule has 1 fully saturated rings. The van der Waals surface area contributed by atoms with Crippen LogP contribution in [0.4, 0.5) is 0 Å². The van der Waals surface area contributed by atoms with Gasteiger partial charge in [0.25, 0.3) is 0 Å². The maximum Gasteiger partial charge on any atom is 0.227 e. The first-order valence-electron chi connectivity index (χ1n) is 12.6. The van der Waals surface area contributed by atoms with Crippen LogP contribution in [0.25, 0.3) is 0 Å². The maximum atomic E-state index is 13.0. The van der Waals surface area contributed by atoms with Gasteiger partial charge in [0, 0.05) is 24.5 Å². The molecule has 2 aromatic rings. The standard InChI is InChI=1S/C28H35N5O/c34-27(17-23-5-2-1-3-6-23)33-16-4-7-26(33)28-30-19-25(32-28)15-13-22-10-8-21(9-11-22)12-14-24-18-29-20-31-24/h1-3,5-6,8-11,19-20,24,26,28,30,32H,4,7,12-18H2,(H,29,31)/t24?,26-,28?/m0/s1. The first-order valence-corrected chi connectivity index (χ1v) is 12.6. The van der Waals surface area contributed by atoms with Crippen molar-refractivity contribution in [3.63, 3.8) is 0 Å². The van der Waals surface area contributed by atoms with Gasteiger partial charge in [0.2, 0.25) is 5.91 Å². The molecule has 6 heteroatoms. The molecule has 1 saturated heterocycles. The highest BCUT2D eigenvalue weighted by Crippen LogP contribution is 2.24. The van der Waals surface area contributed by atoms with Crippen LogP contribution >= 0.6 is 0 Å². The number of nitrogens with zero attached hydrogens (tertiary/aromatic N) is 2. The van der Waals surface area contributed by atoms with Crippen LogP contribution in [0.1, 0.15) is 42.4 Å². The fraction of sp³-hybridized carbons (Fsp3) is 0.429. The Bertz CT molecular complexity index is 1010. The number of benzene rings is 2. The van der Waals surface area contributed by atoms with Gasteiger partial charge in [-0.1, -0.05) is 54.6 Å². The van der Waals surface area contributed by atoms with Crippen molar-refractivity contribution in [3.05, 3.63) is 83.2 Å². The zero-order valence-electron chi connectivity index (χ0n) is 19.7. The number of hydrogen-bond donors (Lipinski definition) is 3. The molecule has 0 saturated carbocycles. The molecule has 0 aliphatic carbocycles. The van der Waals surface area contributed by atoms with Crippen molar-refractivity contribution >= 4 is 12.2 Å². The summed E-state index contributed by atoms with van der Waals surface area (Å²) in [5.41, 5.74) is 5.06. The van der Waals surface area contributed by atoms with Gasteiger partial charge in [0.05, 0.1) is 25.3 Å². The monoisotopic (exact) mass is 457 g/mol. The van der Waals surface area contributed by atoms with E-state index in [0.717, 1.165) is 57.2 Å². The third kappa shape index (κ3) is 5.61. The highest BCUT2D eigenvalue weighted by atomic mass is 16.2. The number of allylic oxidation sites excluding steroid dienone is 1. The molecule has 6 nitrogen and oxygen atoms in total. The van der Waals surface area contributed by atoms with E-state index in [1.54, 1.807) is 0 Å². The van der Waals surface area contributed by atoms with Crippen molar-refractivity contribution in [1.29, 1.82) is 0 Å². The largest absolute Gasteiger partial charge is 0.372 e. The molecule has 178 valence electrons. The van der Waals surface area contributed by atoms with Crippen LogP contribution in [-0.2, 0) is 24.1 Å². The predicted octanol–water partition coefficient (Wildman–Crippen LogP) is 3.15. The van der Waals surface area contributed by atoms with Crippen molar-refractivity contribution in [2.45, 2.75) is 63.2 Å². The molecular formula is C28H35N5O. The van der Waals surface area contributed by atoms with Gasteiger partial charge in [0.15, 0.2) is 0 Å².